The molecule has 30 heavy (non-hydrogen) atoms. The number of thioether (sulfide) groups is 1. The lowest BCUT2D eigenvalue weighted by Crippen LogP contribution is -2.54. The number of rotatable bonds is 4. The first kappa shape index (κ1) is 19.3. The highest BCUT2D eigenvalue weighted by molar-refractivity contribution is 8.13. The van der Waals surface area contributed by atoms with Crippen molar-refractivity contribution in [3.8, 4) is 5.75 Å². The molecule has 3 aliphatic rings. The van der Waals surface area contributed by atoms with E-state index in [9.17, 15) is 0 Å². The quantitative estimate of drug-likeness (QED) is 0.782. The van der Waals surface area contributed by atoms with E-state index in [1.54, 1.807) is 18.9 Å². The topological polar surface area (TPSA) is 52.1 Å². The minimum Gasteiger partial charge on any atom is -0.497 e. The Balaban J connectivity index is 1.24. The fourth-order valence-electron chi connectivity index (χ4n) is 4.22. The van der Waals surface area contributed by atoms with Gasteiger partial charge in [-0.3, -0.25) is 5.43 Å². The van der Waals surface area contributed by atoms with Crippen LogP contribution in [0.15, 0.2) is 60.0 Å². The molecule has 0 bridgehead atoms. The molecule has 6 nitrogen and oxygen atoms in total. The second kappa shape index (κ2) is 7.89. The third-order valence-corrected chi connectivity index (χ3v) is 7.20. The molecule has 3 aliphatic heterocycles. The summed E-state index contributed by atoms with van der Waals surface area (Å²) in [6.07, 6.45) is 5.44. The Morgan fingerprint density at radius 1 is 1.10 bits per heavy atom. The van der Waals surface area contributed by atoms with Crippen molar-refractivity contribution >= 4 is 16.9 Å². The Kier molecular flexibility index (Phi) is 5.08. The number of fused-ring (bicyclic) bond motifs is 3. The molecule has 5 rings (SSSR count). The minimum absolute atomic E-state index is 0.150. The number of hydrazone groups is 1. The fraction of sp³-hybridized carbons (Fsp3) is 0.348. The van der Waals surface area contributed by atoms with Gasteiger partial charge in [0.2, 0.25) is 0 Å². The van der Waals surface area contributed by atoms with Gasteiger partial charge >= 0.3 is 0 Å². The third kappa shape index (κ3) is 3.52. The van der Waals surface area contributed by atoms with E-state index in [2.05, 4.69) is 82.4 Å². The van der Waals surface area contributed by atoms with Crippen LogP contribution < -0.4 is 15.6 Å². The maximum Gasteiger partial charge on any atom is 0.189 e. The van der Waals surface area contributed by atoms with E-state index in [-0.39, 0.29) is 6.17 Å². The number of aryl methyl sites for hydroxylation is 2. The third-order valence-electron chi connectivity index (χ3n) is 6.17. The Labute approximate surface area is 181 Å². The van der Waals surface area contributed by atoms with Crippen LogP contribution in [0.5, 0.6) is 5.75 Å². The first-order valence-electron chi connectivity index (χ1n) is 10.3. The molecular formula is C23H27N5OS. The minimum atomic E-state index is 0.150. The number of benzene rings is 2. The van der Waals surface area contributed by atoms with Crippen molar-refractivity contribution in [2.24, 2.45) is 5.10 Å². The number of nitrogens with one attached hydrogen (secondary N) is 2. The second-order valence-electron chi connectivity index (χ2n) is 8.05. The number of methoxy groups -OCH3 is 1. The average Bonchev–Trinajstić information content (AvgIpc) is 3.38. The number of ether oxygens (including phenoxy) is 1. The maximum atomic E-state index is 5.24. The van der Waals surface area contributed by atoms with Crippen molar-refractivity contribution in [2.45, 2.75) is 44.3 Å². The van der Waals surface area contributed by atoms with Gasteiger partial charge in [0.1, 0.15) is 11.9 Å². The molecule has 0 radical (unpaired) electrons. The van der Waals surface area contributed by atoms with Crippen molar-refractivity contribution in [3.63, 3.8) is 0 Å². The smallest absolute Gasteiger partial charge is 0.189 e. The van der Waals surface area contributed by atoms with Crippen molar-refractivity contribution in [1.82, 2.24) is 20.8 Å². The highest BCUT2D eigenvalue weighted by Gasteiger charge is 2.44. The predicted molar refractivity (Wildman–Crippen MR) is 122 cm³/mol. The van der Waals surface area contributed by atoms with Gasteiger partial charge in [-0.15, -0.1) is 0 Å². The van der Waals surface area contributed by atoms with Gasteiger partial charge in [-0.1, -0.05) is 42.1 Å². The van der Waals surface area contributed by atoms with Crippen LogP contribution >= 0.6 is 11.8 Å². The summed E-state index contributed by atoms with van der Waals surface area (Å²) < 4.78 is 5.24. The number of hydrogen-bond donors (Lipinski definition) is 2. The number of hydrogen-bond acceptors (Lipinski definition) is 7. The first-order valence-corrected chi connectivity index (χ1v) is 11.3. The fourth-order valence-corrected chi connectivity index (χ4v) is 5.15. The van der Waals surface area contributed by atoms with E-state index in [0.717, 1.165) is 23.1 Å². The van der Waals surface area contributed by atoms with Crippen molar-refractivity contribution < 1.29 is 4.74 Å². The highest BCUT2D eigenvalue weighted by Crippen LogP contribution is 2.36. The molecule has 7 heteroatoms. The monoisotopic (exact) mass is 421 g/mol. The second-order valence-corrected chi connectivity index (χ2v) is 8.99. The molecule has 0 saturated carbocycles. The molecule has 2 aromatic rings. The van der Waals surface area contributed by atoms with Crippen LogP contribution in [0, 0.1) is 13.8 Å². The molecule has 3 atom stereocenters. The zero-order valence-electron chi connectivity index (χ0n) is 17.5. The van der Waals surface area contributed by atoms with E-state index >= 15 is 0 Å². The molecule has 3 unspecified atom stereocenters. The van der Waals surface area contributed by atoms with E-state index in [1.807, 2.05) is 12.1 Å². The molecule has 0 spiro atoms. The molecule has 2 aromatic carbocycles. The van der Waals surface area contributed by atoms with Crippen LogP contribution in [0.1, 0.15) is 34.7 Å². The van der Waals surface area contributed by atoms with Gasteiger partial charge in [-0.2, -0.15) is 5.10 Å². The van der Waals surface area contributed by atoms with Gasteiger partial charge in [0.05, 0.1) is 19.2 Å². The van der Waals surface area contributed by atoms with Crippen LogP contribution in [0.4, 0.5) is 0 Å². The Bertz CT molecular complexity index is 990. The summed E-state index contributed by atoms with van der Waals surface area (Å²) in [6, 6.07) is 15.6. The molecule has 2 N–H and O–H groups in total. The molecule has 156 valence electrons. The number of amidine groups is 1. The molecule has 0 aromatic heterocycles. The zero-order valence-corrected chi connectivity index (χ0v) is 18.3. The van der Waals surface area contributed by atoms with E-state index < -0.39 is 0 Å². The maximum absolute atomic E-state index is 5.24. The molecular weight excluding hydrogens is 394 g/mol. The Morgan fingerprint density at radius 3 is 2.70 bits per heavy atom. The van der Waals surface area contributed by atoms with Gasteiger partial charge in [0, 0.05) is 18.2 Å². The van der Waals surface area contributed by atoms with Crippen molar-refractivity contribution in [1.29, 1.82) is 0 Å². The van der Waals surface area contributed by atoms with Gasteiger partial charge in [-0.05, 0) is 54.7 Å². The van der Waals surface area contributed by atoms with Crippen LogP contribution in [-0.4, -0.2) is 34.4 Å². The molecule has 1 fully saturated rings. The van der Waals surface area contributed by atoms with Crippen LogP contribution in [0.25, 0.3) is 0 Å². The summed E-state index contributed by atoms with van der Waals surface area (Å²) >= 11 is 1.75. The summed E-state index contributed by atoms with van der Waals surface area (Å²) in [5.41, 5.74) is 12.3. The van der Waals surface area contributed by atoms with Crippen molar-refractivity contribution in [3.05, 3.63) is 77.1 Å². The number of hydrazine groups is 1. The first-order chi connectivity index (χ1) is 14.6. The molecule has 1 saturated heterocycles. The molecule has 3 heterocycles. The van der Waals surface area contributed by atoms with Crippen molar-refractivity contribution in [2.75, 3.05) is 7.11 Å². The molecule has 0 amide bonds. The predicted octanol–water partition coefficient (Wildman–Crippen LogP) is 3.85. The largest absolute Gasteiger partial charge is 0.497 e. The van der Waals surface area contributed by atoms with Gasteiger partial charge in [0.15, 0.2) is 5.17 Å². The standard InChI is InChI=1S/C23H27N5OS/c1-15-4-7-18(12-16(15)2)20-13-21-22-24-25-23(27(22)10-11-28(21)26-20)30-14-17-5-8-19(29-3)9-6-17/h4-12,20-22,24,26H,13-14H2,1-3H3. The van der Waals surface area contributed by atoms with Gasteiger partial charge in [-0.25, -0.2) is 5.43 Å². The Morgan fingerprint density at radius 2 is 1.93 bits per heavy atom. The van der Waals surface area contributed by atoms with E-state index in [0.29, 0.717) is 12.1 Å². The highest BCUT2D eigenvalue weighted by atomic mass is 32.2. The summed E-state index contributed by atoms with van der Waals surface area (Å²) in [5.74, 6) is 1.76. The summed E-state index contributed by atoms with van der Waals surface area (Å²) in [5, 5.41) is 7.89. The average molecular weight is 422 g/mol. The van der Waals surface area contributed by atoms with Crippen LogP contribution in [0.2, 0.25) is 0 Å². The lowest BCUT2D eigenvalue weighted by Gasteiger charge is -2.36. The normalized spacial score (nSPS) is 24.4. The van der Waals surface area contributed by atoms with Crippen LogP contribution in [0.3, 0.4) is 0 Å². The summed E-state index contributed by atoms with van der Waals surface area (Å²) in [6.45, 7) is 4.34. The van der Waals surface area contributed by atoms with Gasteiger partial charge in [0.25, 0.3) is 0 Å². The molecule has 0 aliphatic carbocycles. The Hall–Kier alpha value is -2.64. The van der Waals surface area contributed by atoms with E-state index in [1.165, 1.54) is 22.3 Å². The number of nitrogens with zero attached hydrogens (tertiary/aromatic N) is 3. The zero-order chi connectivity index (χ0) is 20.7. The summed E-state index contributed by atoms with van der Waals surface area (Å²) in [7, 11) is 1.69. The lowest BCUT2D eigenvalue weighted by molar-refractivity contribution is 0.152. The van der Waals surface area contributed by atoms with Gasteiger partial charge < -0.3 is 14.6 Å². The van der Waals surface area contributed by atoms with E-state index in [4.69, 9.17) is 4.74 Å². The van der Waals surface area contributed by atoms with Crippen LogP contribution in [-0.2, 0) is 5.75 Å². The summed E-state index contributed by atoms with van der Waals surface area (Å²) in [4.78, 5) is 2.26. The SMILES string of the molecule is COc1ccc(CSC2=NNC3C4CC(c5ccc(C)c(C)c5)NN4C=CN23)cc1. The lowest BCUT2D eigenvalue weighted by atomic mass is 9.97.